The van der Waals surface area contributed by atoms with E-state index >= 15 is 0 Å². The van der Waals surface area contributed by atoms with Gasteiger partial charge in [0.25, 0.3) is 5.91 Å². The molecule has 2 aromatic heterocycles. The Labute approximate surface area is 173 Å². The number of aryl methyl sites for hydroxylation is 2. The minimum absolute atomic E-state index is 0.290. The lowest BCUT2D eigenvalue weighted by Gasteiger charge is -2.08. The minimum atomic E-state index is -0.290. The summed E-state index contributed by atoms with van der Waals surface area (Å²) in [6.07, 6.45) is 3.23. The molecule has 7 nitrogen and oxygen atoms in total. The number of hydrogen-bond acceptors (Lipinski definition) is 5. The third kappa shape index (κ3) is 3.77. The average Bonchev–Trinajstić information content (AvgIpc) is 3.22. The van der Waals surface area contributed by atoms with E-state index in [9.17, 15) is 4.79 Å². The van der Waals surface area contributed by atoms with Gasteiger partial charge >= 0.3 is 0 Å². The van der Waals surface area contributed by atoms with Gasteiger partial charge in [-0.2, -0.15) is 10.2 Å². The highest BCUT2D eigenvalue weighted by atomic mass is 16.5. The molecule has 2 aromatic carbocycles. The maximum Gasteiger partial charge on any atom is 0.272 e. The van der Waals surface area contributed by atoms with Crippen LogP contribution in [0.5, 0.6) is 5.75 Å². The van der Waals surface area contributed by atoms with Crippen LogP contribution in [-0.2, 0) is 0 Å². The molecule has 0 fully saturated rings. The van der Waals surface area contributed by atoms with Crippen molar-refractivity contribution < 1.29 is 9.53 Å². The Morgan fingerprint density at radius 1 is 1.17 bits per heavy atom. The normalized spacial score (nSPS) is 11.2. The van der Waals surface area contributed by atoms with Crippen molar-refractivity contribution in [1.29, 1.82) is 0 Å². The predicted octanol–water partition coefficient (Wildman–Crippen LogP) is 4.01. The summed E-state index contributed by atoms with van der Waals surface area (Å²) < 4.78 is 5.19. The molecule has 0 saturated carbocycles. The van der Waals surface area contributed by atoms with Crippen LogP contribution in [-0.4, -0.2) is 34.4 Å². The molecule has 0 radical (unpaired) electrons. The summed E-state index contributed by atoms with van der Waals surface area (Å²) >= 11 is 0. The van der Waals surface area contributed by atoms with Crippen LogP contribution in [0, 0.1) is 13.8 Å². The van der Waals surface area contributed by atoms with Crippen molar-refractivity contribution in [2.45, 2.75) is 13.8 Å². The highest BCUT2D eigenvalue weighted by Crippen LogP contribution is 2.23. The van der Waals surface area contributed by atoms with E-state index in [1.807, 2.05) is 56.3 Å². The molecule has 4 aromatic rings. The first kappa shape index (κ1) is 19.3. The molecule has 1 amide bonds. The number of ether oxygens (including phenoxy) is 1. The van der Waals surface area contributed by atoms with Crippen LogP contribution in [0.2, 0.25) is 0 Å². The van der Waals surface area contributed by atoms with E-state index in [-0.39, 0.29) is 5.91 Å². The van der Waals surface area contributed by atoms with Crippen LogP contribution in [0.25, 0.3) is 22.2 Å². The summed E-state index contributed by atoms with van der Waals surface area (Å²) in [7, 11) is 1.63. The number of pyridine rings is 1. The molecule has 0 atom stereocenters. The summed E-state index contributed by atoms with van der Waals surface area (Å²) in [5.41, 5.74) is 8.28. The van der Waals surface area contributed by atoms with Gasteiger partial charge < -0.3 is 4.74 Å². The number of carbonyl (C=O) groups is 1. The Morgan fingerprint density at radius 2 is 1.97 bits per heavy atom. The van der Waals surface area contributed by atoms with Crippen molar-refractivity contribution in [1.82, 2.24) is 20.6 Å². The number of methoxy groups -OCH3 is 1. The summed E-state index contributed by atoms with van der Waals surface area (Å²) in [6, 6.07) is 15.2. The zero-order valence-corrected chi connectivity index (χ0v) is 16.9. The van der Waals surface area contributed by atoms with Crippen molar-refractivity contribution in [3.63, 3.8) is 0 Å². The maximum absolute atomic E-state index is 12.8. The Balaban J connectivity index is 1.56. The van der Waals surface area contributed by atoms with Gasteiger partial charge in [-0.1, -0.05) is 18.2 Å². The van der Waals surface area contributed by atoms with Gasteiger partial charge in [-0.15, -0.1) is 0 Å². The molecule has 0 aliphatic heterocycles. The zero-order chi connectivity index (χ0) is 21.1. The molecule has 0 spiro atoms. The van der Waals surface area contributed by atoms with Crippen LogP contribution in [0.1, 0.15) is 27.2 Å². The Hall–Kier alpha value is -4.00. The SMILES string of the molecule is COc1ccc(-c2[nH]ncc2/C=N\NC(=O)c2cc(C)nc3c(C)cccc23)cc1. The van der Waals surface area contributed by atoms with Crippen LogP contribution < -0.4 is 10.2 Å². The predicted molar refractivity (Wildman–Crippen MR) is 117 cm³/mol. The number of hydrogen-bond donors (Lipinski definition) is 2. The largest absolute Gasteiger partial charge is 0.497 e. The van der Waals surface area contributed by atoms with Crippen LogP contribution >= 0.6 is 0 Å². The van der Waals surface area contributed by atoms with E-state index in [2.05, 4.69) is 25.7 Å². The lowest BCUT2D eigenvalue weighted by atomic mass is 10.0. The van der Waals surface area contributed by atoms with Gasteiger partial charge in [0.1, 0.15) is 5.75 Å². The number of nitrogens with one attached hydrogen (secondary N) is 2. The summed E-state index contributed by atoms with van der Waals surface area (Å²) in [5, 5.41) is 12.0. The lowest BCUT2D eigenvalue weighted by Crippen LogP contribution is -2.18. The lowest BCUT2D eigenvalue weighted by molar-refractivity contribution is 0.0956. The average molecular weight is 399 g/mol. The topological polar surface area (TPSA) is 92.3 Å². The molecule has 0 saturated heterocycles. The Bertz CT molecular complexity index is 1240. The molecule has 150 valence electrons. The third-order valence-electron chi connectivity index (χ3n) is 4.83. The molecule has 0 bridgehead atoms. The number of amides is 1. The molecule has 4 rings (SSSR count). The third-order valence-corrected chi connectivity index (χ3v) is 4.83. The molecule has 2 heterocycles. The van der Waals surface area contributed by atoms with Gasteiger partial charge in [0.2, 0.25) is 0 Å². The maximum atomic E-state index is 12.8. The van der Waals surface area contributed by atoms with Crippen molar-refractivity contribution in [3.8, 4) is 17.0 Å². The number of nitrogens with zero attached hydrogens (tertiary/aromatic N) is 3. The van der Waals surface area contributed by atoms with E-state index in [1.54, 1.807) is 25.6 Å². The molecular weight excluding hydrogens is 378 g/mol. The number of carbonyl (C=O) groups excluding carboxylic acids is 1. The van der Waals surface area contributed by atoms with E-state index in [0.29, 0.717) is 5.56 Å². The number of para-hydroxylation sites is 1. The van der Waals surface area contributed by atoms with E-state index in [4.69, 9.17) is 4.74 Å². The summed E-state index contributed by atoms with van der Waals surface area (Å²) in [4.78, 5) is 17.3. The number of hydrazone groups is 1. The fourth-order valence-corrected chi connectivity index (χ4v) is 3.31. The highest BCUT2D eigenvalue weighted by molar-refractivity contribution is 6.07. The number of aromatic nitrogens is 3. The molecule has 0 aliphatic carbocycles. The first-order chi connectivity index (χ1) is 14.6. The quantitative estimate of drug-likeness (QED) is 0.392. The second-order valence-electron chi connectivity index (χ2n) is 6.91. The van der Waals surface area contributed by atoms with Gasteiger partial charge in [-0.05, 0) is 49.7 Å². The van der Waals surface area contributed by atoms with Crippen LogP contribution in [0.15, 0.2) is 59.8 Å². The molecule has 0 unspecified atom stereocenters. The number of benzene rings is 2. The molecular formula is C23H21N5O2. The van der Waals surface area contributed by atoms with Crippen molar-refractivity contribution in [2.24, 2.45) is 5.10 Å². The first-order valence-electron chi connectivity index (χ1n) is 9.45. The number of fused-ring (bicyclic) bond motifs is 1. The van der Waals surface area contributed by atoms with Gasteiger partial charge in [-0.3, -0.25) is 14.9 Å². The second kappa shape index (κ2) is 8.16. The number of rotatable bonds is 5. The van der Waals surface area contributed by atoms with Gasteiger partial charge in [0.05, 0.1) is 36.3 Å². The van der Waals surface area contributed by atoms with Crippen LogP contribution in [0.3, 0.4) is 0 Å². The first-order valence-corrected chi connectivity index (χ1v) is 9.45. The molecule has 30 heavy (non-hydrogen) atoms. The van der Waals surface area contributed by atoms with Gasteiger partial charge in [0.15, 0.2) is 0 Å². The van der Waals surface area contributed by atoms with Crippen molar-refractivity contribution >= 4 is 23.0 Å². The number of aromatic amines is 1. The van der Waals surface area contributed by atoms with Gasteiger partial charge in [-0.25, -0.2) is 5.43 Å². The minimum Gasteiger partial charge on any atom is -0.497 e. The second-order valence-corrected chi connectivity index (χ2v) is 6.91. The highest BCUT2D eigenvalue weighted by Gasteiger charge is 2.13. The molecule has 0 aliphatic rings. The van der Waals surface area contributed by atoms with Crippen molar-refractivity contribution in [3.05, 3.63) is 77.1 Å². The van der Waals surface area contributed by atoms with E-state index in [0.717, 1.165) is 44.7 Å². The fraction of sp³-hybridized carbons (Fsp3) is 0.130. The zero-order valence-electron chi connectivity index (χ0n) is 16.9. The molecule has 2 N–H and O–H groups in total. The van der Waals surface area contributed by atoms with E-state index < -0.39 is 0 Å². The van der Waals surface area contributed by atoms with Gasteiger partial charge in [0, 0.05) is 22.2 Å². The molecule has 7 heteroatoms. The van der Waals surface area contributed by atoms with Crippen molar-refractivity contribution in [2.75, 3.05) is 7.11 Å². The standard InChI is InChI=1S/C23H21N5O2/c1-14-5-4-6-19-20(11-15(2)26-21(14)19)23(29)28-25-13-17-12-24-27-22(17)16-7-9-18(30-3)10-8-16/h4-13H,1-3H3,(H,24,27)(H,28,29)/b25-13-. The van der Waals surface area contributed by atoms with E-state index in [1.165, 1.54) is 0 Å². The Kier molecular flexibility index (Phi) is 5.26. The summed E-state index contributed by atoms with van der Waals surface area (Å²) in [5.74, 6) is 0.484. The monoisotopic (exact) mass is 399 g/mol. The summed E-state index contributed by atoms with van der Waals surface area (Å²) in [6.45, 7) is 3.85. The van der Waals surface area contributed by atoms with Crippen LogP contribution in [0.4, 0.5) is 0 Å². The Morgan fingerprint density at radius 3 is 2.73 bits per heavy atom. The smallest absolute Gasteiger partial charge is 0.272 e. The fourth-order valence-electron chi connectivity index (χ4n) is 3.31. The number of H-pyrrole nitrogens is 1.